The van der Waals surface area contributed by atoms with Gasteiger partial charge < -0.3 is 33.8 Å². The molecule has 17 nitrogen and oxygen atoms in total. The maximum atomic E-state index is 13.0. The number of phosphoric acid groups is 2. The summed E-state index contributed by atoms with van der Waals surface area (Å²) < 4.78 is 68.3. The van der Waals surface area contributed by atoms with E-state index in [4.69, 9.17) is 37.0 Å². The molecule has 544 valence electrons. The number of phosphoric ester groups is 2. The smallest absolute Gasteiger partial charge is 0.462 e. The minimum atomic E-state index is -4.98. The van der Waals surface area contributed by atoms with Gasteiger partial charge in [0.25, 0.3) is 0 Å². The number of carbonyl (C=O) groups excluding carboxylic acids is 4. The Balaban J connectivity index is 5.35. The van der Waals surface area contributed by atoms with Crippen molar-refractivity contribution in [2.75, 3.05) is 39.6 Å². The van der Waals surface area contributed by atoms with Crippen molar-refractivity contribution in [1.82, 2.24) is 0 Å². The maximum Gasteiger partial charge on any atom is 0.472 e. The number of aliphatic hydroxyl groups is 1. The molecule has 5 unspecified atom stereocenters. The van der Waals surface area contributed by atoms with Crippen LogP contribution in [0.25, 0.3) is 0 Å². The van der Waals surface area contributed by atoms with Crippen LogP contribution in [-0.2, 0) is 65.4 Å². The Labute approximate surface area is 570 Å². The molecule has 0 bridgehead atoms. The van der Waals surface area contributed by atoms with Gasteiger partial charge in [-0.15, -0.1) is 0 Å². The first-order valence-corrected chi connectivity index (χ1v) is 39.8. The van der Waals surface area contributed by atoms with Crippen molar-refractivity contribution in [3.05, 3.63) is 85.1 Å². The average molecular weight is 1370 g/mol. The van der Waals surface area contributed by atoms with Crippen LogP contribution in [0.15, 0.2) is 85.1 Å². The number of esters is 4. The highest BCUT2D eigenvalue weighted by Gasteiger charge is 2.30. The van der Waals surface area contributed by atoms with Crippen LogP contribution in [0, 0.1) is 0 Å². The van der Waals surface area contributed by atoms with Gasteiger partial charge in [-0.05, 0) is 116 Å². The zero-order valence-corrected chi connectivity index (χ0v) is 60.9. The fourth-order valence-electron chi connectivity index (χ4n) is 9.71. The molecular formula is C75H132O17P2. The molecule has 0 amide bonds. The number of unbranched alkanes of at least 4 members (excludes halogenated alkanes) is 29. The largest absolute Gasteiger partial charge is 0.472 e. The lowest BCUT2D eigenvalue weighted by molar-refractivity contribution is -0.161. The lowest BCUT2D eigenvalue weighted by Gasteiger charge is -2.21. The van der Waals surface area contributed by atoms with E-state index in [1.807, 2.05) is 0 Å². The van der Waals surface area contributed by atoms with Crippen LogP contribution < -0.4 is 0 Å². The fraction of sp³-hybridized carbons (Fsp3) is 0.760. The summed E-state index contributed by atoms with van der Waals surface area (Å²) in [6.45, 7) is 4.62. The lowest BCUT2D eigenvalue weighted by Crippen LogP contribution is -2.30. The number of carbonyl (C=O) groups is 4. The molecule has 0 saturated heterocycles. The number of hydrogen-bond donors (Lipinski definition) is 3. The number of ether oxygens (including phenoxy) is 4. The summed E-state index contributed by atoms with van der Waals surface area (Å²) in [6, 6.07) is 0. The summed E-state index contributed by atoms with van der Waals surface area (Å²) >= 11 is 0. The third kappa shape index (κ3) is 66.8. The second kappa shape index (κ2) is 67.8. The SMILES string of the molecule is CC/C=C\C/C=C\C/C=C\C/C=C\CCCCC(=O)OCC(COP(=O)(O)OCC(O)COP(=O)(O)OCC(COC(=O)CCCCCCC/C=C\CCCCCCCC)OC(=O)CCCCCCCCCCCCC)OC(=O)CCCCCCC/C=C\C/C=C\CCC. The molecule has 0 aromatic rings. The molecule has 0 rings (SSSR count). The average Bonchev–Trinajstić information content (AvgIpc) is 1.55. The minimum absolute atomic E-state index is 0.0701. The standard InChI is InChI=1S/C75H132O17P2/c1-5-9-13-17-21-25-29-32-34-37-40-43-47-51-55-59-72(77)85-65-70(91-74(79)61-57-53-49-45-39-28-24-20-16-12-8-4)67-89-93(81,82)87-63-69(76)64-88-94(83,84)90-68-71(92-75(80)62-58-54-50-46-42-36-31-27-23-19-15-11-7-3)66-86-73(78)60-56-52-48-44-41-38-35-33-30-26-22-18-14-10-6-2/h10,14-15,19,22,26-27,31-35,41,44,69-71,76H,5-9,11-13,16-18,20-21,23-25,28-30,36-40,42-43,45-68H2,1-4H3,(H,81,82)(H,83,84)/b14-10-,19-15-,26-22-,31-27-,34-32-,35-33-,44-41-. The molecule has 0 aliphatic rings. The third-order valence-electron chi connectivity index (χ3n) is 15.3. The van der Waals surface area contributed by atoms with Crippen LogP contribution in [0.3, 0.4) is 0 Å². The van der Waals surface area contributed by atoms with E-state index in [0.29, 0.717) is 25.7 Å². The predicted octanol–water partition coefficient (Wildman–Crippen LogP) is 20.7. The van der Waals surface area contributed by atoms with E-state index in [9.17, 15) is 43.2 Å². The number of allylic oxidation sites excluding steroid dienone is 14. The molecule has 5 atom stereocenters. The summed E-state index contributed by atoms with van der Waals surface area (Å²) in [5.41, 5.74) is 0. The van der Waals surface area contributed by atoms with E-state index in [0.717, 1.165) is 154 Å². The predicted molar refractivity (Wildman–Crippen MR) is 381 cm³/mol. The van der Waals surface area contributed by atoms with Crippen molar-refractivity contribution in [3.8, 4) is 0 Å². The summed E-state index contributed by atoms with van der Waals surface area (Å²) in [6.07, 6.45) is 67.3. The molecule has 3 N–H and O–H groups in total. The summed E-state index contributed by atoms with van der Waals surface area (Å²) in [5.74, 6) is -2.23. The second-order valence-electron chi connectivity index (χ2n) is 24.5. The highest BCUT2D eigenvalue weighted by molar-refractivity contribution is 7.47. The monoisotopic (exact) mass is 1370 g/mol. The van der Waals surface area contributed by atoms with Gasteiger partial charge in [-0.3, -0.25) is 37.3 Å². The van der Waals surface area contributed by atoms with Crippen LogP contribution in [-0.4, -0.2) is 96.7 Å². The van der Waals surface area contributed by atoms with E-state index in [2.05, 4.69) is 113 Å². The molecule has 0 saturated carbocycles. The summed E-state index contributed by atoms with van der Waals surface area (Å²) in [4.78, 5) is 72.6. The highest BCUT2D eigenvalue weighted by Crippen LogP contribution is 2.45. The van der Waals surface area contributed by atoms with Crippen molar-refractivity contribution >= 4 is 39.5 Å². The van der Waals surface area contributed by atoms with Crippen molar-refractivity contribution < 1.29 is 80.2 Å². The van der Waals surface area contributed by atoms with Crippen molar-refractivity contribution in [2.24, 2.45) is 0 Å². The molecule has 0 fully saturated rings. The summed E-state index contributed by atoms with van der Waals surface area (Å²) in [7, 11) is -9.95. The van der Waals surface area contributed by atoms with Crippen molar-refractivity contribution in [2.45, 2.75) is 329 Å². The molecule has 0 aromatic heterocycles. The van der Waals surface area contributed by atoms with E-state index >= 15 is 0 Å². The van der Waals surface area contributed by atoms with E-state index in [1.54, 1.807) is 0 Å². The third-order valence-corrected chi connectivity index (χ3v) is 17.2. The van der Waals surface area contributed by atoms with E-state index in [-0.39, 0.29) is 25.7 Å². The molecule has 0 spiro atoms. The van der Waals surface area contributed by atoms with Crippen molar-refractivity contribution in [1.29, 1.82) is 0 Å². The Bertz CT molecular complexity index is 2120. The first-order chi connectivity index (χ1) is 45.7. The van der Waals surface area contributed by atoms with Crippen LogP contribution in [0.5, 0.6) is 0 Å². The van der Waals surface area contributed by atoms with Gasteiger partial charge in [-0.2, -0.15) is 0 Å². The topological polar surface area (TPSA) is 237 Å². The van der Waals surface area contributed by atoms with Crippen LogP contribution >= 0.6 is 15.6 Å². The van der Waals surface area contributed by atoms with E-state index in [1.165, 1.54) is 77.0 Å². The molecule has 0 heterocycles. The molecule has 0 aromatic carbocycles. The summed E-state index contributed by atoms with van der Waals surface area (Å²) in [5, 5.41) is 10.6. The van der Waals surface area contributed by atoms with Crippen LogP contribution in [0.1, 0.15) is 310 Å². The fourth-order valence-corrected chi connectivity index (χ4v) is 11.3. The van der Waals surface area contributed by atoms with Gasteiger partial charge in [-0.25, -0.2) is 9.13 Å². The highest BCUT2D eigenvalue weighted by atomic mass is 31.2. The quantitative estimate of drug-likeness (QED) is 0.0169. The van der Waals surface area contributed by atoms with Crippen molar-refractivity contribution in [3.63, 3.8) is 0 Å². The van der Waals surface area contributed by atoms with Gasteiger partial charge in [0.1, 0.15) is 19.3 Å². The Hall–Kier alpha value is -3.76. The maximum absolute atomic E-state index is 13.0. The van der Waals surface area contributed by atoms with Crippen LogP contribution in [0.2, 0.25) is 0 Å². The van der Waals surface area contributed by atoms with Gasteiger partial charge >= 0.3 is 39.5 Å². The van der Waals surface area contributed by atoms with Gasteiger partial charge in [0.15, 0.2) is 12.2 Å². The van der Waals surface area contributed by atoms with Gasteiger partial charge in [0.05, 0.1) is 26.4 Å². The Morgan fingerprint density at radius 3 is 0.926 bits per heavy atom. The molecule has 0 aliphatic heterocycles. The molecule has 0 aliphatic carbocycles. The lowest BCUT2D eigenvalue weighted by atomic mass is 10.1. The number of aliphatic hydroxyl groups excluding tert-OH is 1. The first-order valence-electron chi connectivity index (χ1n) is 36.8. The second-order valence-corrected chi connectivity index (χ2v) is 27.4. The molecule has 94 heavy (non-hydrogen) atoms. The molecule has 0 radical (unpaired) electrons. The van der Waals surface area contributed by atoms with E-state index < -0.39 is 97.5 Å². The van der Waals surface area contributed by atoms with Gasteiger partial charge in [0.2, 0.25) is 0 Å². The Morgan fingerprint density at radius 2 is 0.574 bits per heavy atom. The first kappa shape index (κ1) is 90.2. The Kier molecular flexibility index (Phi) is 65.1. The minimum Gasteiger partial charge on any atom is -0.462 e. The van der Waals surface area contributed by atoms with Gasteiger partial charge in [0, 0.05) is 25.7 Å². The van der Waals surface area contributed by atoms with Crippen LogP contribution in [0.4, 0.5) is 0 Å². The number of hydrogen-bond acceptors (Lipinski definition) is 15. The molecule has 19 heteroatoms. The normalized spacial score (nSPS) is 14.5. The molecular weight excluding hydrogens is 1230 g/mol. The Morgan fingerprint density at radius 1 is 0.309 bits per heavy atom. The number of rotatable bonds is 69. The zero-order valence-electron chi connectivity index (χ0n) is 59.1. The zero-order chi connectivity index (χ0) is 69.0. The van der Waals surface area contributed by atoms with Gasteiger partial charge in [-0.1, -0.05) is 254 Å².